The van der Waals surface area contributed by atoms with Crippen LogP contribution in [0.2, 0.25) is 0 Å². The summed E-state index contributed by atoms with van der Waals surface area (Å²) in [5.74, 6) is -3.16. The molecule has 4 N–H and O–H groups in total. The molecule has 8 nitrogen and oxygen atoms in total. The van der Waals surface area contributed by atoms with Gasteiger partial charge in [-0.2, -0.15) is 0 Å². The lowest BCUT2D eigenvalue weighted by Gasteiger charge is -2.32. The van der Waals surface area contributed by atoms with E-state index in [0.29, 0.717) is 6.42 Å². The van der Waals surface area contributed by atoms with Gasteiger partial charge in [-0.05, 0) is 43.9 Å². The molecule has 0 aliphatic heterocycles. The Kier molecular flexibility index (Phi) is 8.29. The topological polar surface area (TPSA) is 123 Å². The van der Waals surface area contributed by atoms with Crippen LogP contribution in [0, 0.1) is 5.92 Å². The molecule has 8 heteroatoms. The summed E-state index contributed by atoms with van der Waals surface area (Å²) in [5.41, 5.74) is 2.60. The first-order valence-electron chi connectivity index (χ1n) is 11.4. The van der Waals surface area contributed by atoms with E-state index < -0.39 is 29.9 Å². The van der Waals surface area contributed by atoms with Crippen LogP contribution >= 0.6 is 0 Å². The van der Waals surface area contributed by atoms with Gasteiger partial charge in [-0.3, -0.25) is 4.79 Å². The second-order valence-corrected chi connectivity index (χ2v) is 8.73. The Morgan fingerprint density at radius 1 is 0.971 bits per heavy atom. The lowest BCUT2D eigenvalue weighted by Crippen LogP contribution is -2.54. The predicted octanol–water partition coefficient (Wildman–Crippen LogP) is 3.92. The van der Waals surface area contributed by atoms with Crippen LogP contribution in [0.25, 0.3) is 10.9 Å². The van der Waals surface area contributed by atoms with Gasteiger partial charge in [-0.15, -0.1) is 0 Å². The van der Waals surface area contributed by atoms with E-state index in [1.54, 1.807) is 20.0 Å². The quantitative estimate of drug-likeness (QED) is 0.342. The number of aromatic amines is 1. The number of H-pyrrole nitrogens is 1. The van der Waals surface area contributed by atoms with Gasteiger partial charge in [0.05, 0.1) is 5.92 Å². The Bertz CT molecular complexity index is 1130. The zero-order valence-electron chi connectivity index (χ0n) is 19.4. The Morgan fingerprint density at radius 2 is 1.65 bits per heavy atom. The van der Waals surface area contributed by atoms with Gasteiger partial charge in [0.15, 0.2) is 0 Å². The highest BCUT2D eigenvalue weighted by Gasteiger charge is 2.34. The Hall–Kier alpha value is -3.81. The molecule has 2 atom stereocenters. The highest BCUT2D eigenvalue weighted by molar-refractivity contribution is 5.86. The minimum absolute atomic E-state index is 0.0515. The van der Waals surface area contributed by atoms with Crippen molar-refractivity contribution < 1.29 is 24.6 Å². The summed E-state index contributed by atoms with van der Waals surface area (Å²) in [6, 6.07) is 15.0. The number of para-hydroxylation sites is 1. The summed E-state index contributed by atoms with van der Waals surface area (Å²) in [4.78, 5) is 41.8. The Labute approximate surface area is 198 Å². The van der Waals surface area contributed by atoms with Crippen LogP contribution in [0.3, 0.4) is 0 Å². The van der Waals surface area contributed by atoms with Crippen LogP contribution in [0.1, 0.15) is 31.4 Å². The first-order valence-corrected chi connectivity index (χ1v) is 11.4. The molecule has 3 aromatic rings. The van der Waals surface area contributed by atoms with Crippen LogP contribution in [-0.2, 0) is 22.4 Å². The van der Waals surface area contributed by atoms with Gasteiger partial charge < -0.3 is 25.4 Å². The SMILES string of the molecule is CC(C)NC(=O)N(CC(CCc1ccccc1)C(=O)O)[C@@H](Cc1c[nH]c2ccccc12)C(=O)O. The number of carbonyl (C=O) groups is 3. The number of carbonyl (C=O) groups excluding carboxylic acids is 1. The van der Waals surface area contributed by atoms with Crippen molar-refractivity contribution in [2.75, 3.05) is 6.54 Å². The van der Waals surface area contributed by atoms with Crippen molar-refractivity contribution >= 4 is 28.9 Å². The molecule has 0 bridgehead atoms. The van der Waals surface area contributed by atoms with Crippen LogP contribution < -0.4 is 5.32 Å². The van der Waals surface area contributed by atoms with Gasteiger partial charge >= 0.3 is 18.0 Å². The molecule has 0 fully saturated rings. The second kappa shape index (κ2) is 11.4. The standard InChI is InChI=1S/C26H31N3O5/c1-17(2)28-26(34)29(16-19(24(30)31)13-12-18-8-4-3-5-9-18)23(25(32)33)14-20-15-27-22-11-7-6-10-21(20)22/h3-11,15,17,19,23,27H,12-14,16H2,1-2H3,(H,28,34)(H,30,31)(H,32,33)/t19?,23-/m0/s1. The maximum Gasteiger partial charge on any atom is 0.326 e. The normalized spacial score (nSPS) is 12.9. The minimum Gasteiger partial charge on any atom is -0.481 e. The second-order valence-electron chi connectivity index (χ2n) is 8.73. The molecule has 34 heavy (non-hydrogen) atoms. The fourth-order valence-corrected chi connectivity index (χ4v) is 4.04. The highest BCUT2D eigenvalue weighted by Crippen LogP contribution is 2.22. The third-order valence-corrected chi connectivity index (χ3v) is 5.81. The third kappa shape index (κ3) is 6.37. The molecule has 1 heterocycles. The van der Waals surface area contributed by atoms with Crippen molar-refractivity contribution in [2.24, 2.45) is 5.92 Å². The number of aromatic nitrogens is 1. The molecule has 1 aromatic heterocycles. The molecule has 0 aliphatic carbocycles. The molecule has 0 aliphatic rings. The van der Waals surface area contributed by atoms with Crippen molar-refractivity contribution in [3.05, 3.63) is 71.9 Å². The van der Waals surface area contributed by atoms with Crippen molar-refractivity contribution in [3.8, 4) is 0 Å². The lowest BCUT2D eigenvalue weighted by molar-refractivity contribution is -0.146. The summed E-state index contributed by atoms with van der Waals surface area (Å²) in [6.45, 7) is 3.34. The largest absolute Gasteiger partial charge is 0.481 e. The van der Waals surface area contributed by atoms with Gasteiger partial charge in [0.25, 0.3) is 0 Å². The molecular formula is C26H31N3O5. The van der Waals surface area contributed by atoms with Gasteiger partial charge in [0, 0.05) is 36.1 Å². The smallest absolute Gasteiger partial charge is 0.326 e. The van der Waals surface area contributed by atoms with E-state index in [-0.39, 0.29) is 25.4 Å². The molecular weight excluding hydrogens is 434 g/mol. The predicted molar refractivity (Wildman–Crippen MR) is 130 cm³/mol. The van der Waals surface area contributed by atoms with Crippen molar-refractivity contribution in [3.63, 3.8) is 0 Å². The fraction of sp³-hybridized carbons (Fsp3) is 0.346. The Morgan fingerprint density at radius 3 is 2.29 bits per heavy atom. The molecule has 2 aromatic carbocycles. The monoisotopic (exact) mass is 465 g/mol. The van der Waals surface area contributed by atoms with E-state index in [9.17, 15) is 24.6 Å². The molecule has 1 unspecified atom stereocenters. The number of amides is 2. The van der Waals surface area contributed by atoms with Gasteiger partial charge in [-0.25, -0.2) is 9.59 Å². The van der Waals surface area contributed by atoms with E-state index in [0.717, 1.165) is 26.9 Å². The summed E-state index contributed by atoms with van der Waals surface area (Å²) < 4.78 is 0. The minimum atomic E-state index is -1.23. The Balaban J connectivity index is 1.87. The number of nitrogens with zero attached hydrogens (tertiary/aromatic N) is 1. The number of aliphatic carboxylic acids is 2. The van der Waals surface area contributed by atoms with E-state index in [4.69, 9.17) is 0 Å². The first kappa shape index (κ1) is 24.8. The van der Waals surface area contributed by atoms with E-state index in [1.807, 2.05) is 54.6 Å². The zero-order chi connectivity index (χ0) is 24.7. The van der Waals surface area contributed by atoms with Gasteiger partial charge in [0.1, 0.15) is 6.04 Å². The number of urea groups is 1. The van der Waals surface area contributed by atoms with Gasteiger partial charge in [0.2, 0.25) is 0 Å². The number of carboxylic acids is 2. The number of hydrogen-bond acceptors (Lipinski definition) is 3. The summed E-state index contributed by atoms with van der Waals surface area (Å²) in [5, 5.41) is 23.6. The average molecular weight is 466 g/mol. The summed E-state index contributed by atoms with van der Waals surface area (Å²) >= 11 is 0. The third-order valence-electron chi connectivity index (χ3n) is 5.81. The molecule has 0 saturated carbocycles. The van der Waals surface area contributed by atoms with Crippen LogP contribution in [0.4, 0.5) is 4.79 Å². The molecule has 2 amide bonds. The molecule has 0 radical (unpaired) electrons. The number of benzene rings is 2. The fourth-order valence-electron chi connectivity index (χ4n) is 4.04. The number of aryl methyl sites for hydroxylation is 1. The van der Waals surface area contributed by atoms with E-state index in [2.05, 4.69) is 10.3 Å². The van der Waals surface area contributed by atoms with Crippen molar-refractivity contribution in [1.82, 2.24) is 15.2 Å². The first-order chi connectivity index (χ1) is 16.3. The van der Waals surface area contributed by atoms with Crippen LogP contribution in [0.15, 0.2) is 60.8 Å². The van der Waals surface area contributed by atoms with E-state index in [1.165, 1.54) is 0 Å². The summed E-state index contributed by atoms with van der Waals surface area (Å²) in [7, 11) is 0. The number of carboxylic acid groups (broad SMARTS) is 2. The number of hydrogen-bond donors (Lipinski definition) is 4. The molecule has 180 valence electrons. The molecule has 0 spiro atoms. The molecule has 0 saturated heterocycles. The average Bonchev–Trinajstić information content (AvgIpc) is 3.20. The summed E-state index contributed by atoms with van der Waals surface area (Å²) in [6.07, 6.45) is 2.58. The van der Waals surface area contributed by atoms with E-state index >= 15 is 0 Å². The number of rotatable bonds is 11. The van der Waals surface area contributed by atoms with Crippen molar-refractivity contribution in [2.45, 2.75) is 45.2 Å². The number of nitrogens with one attached hydrogen (secondary N) is 2. The van der Waals surface area contributed by atoms with Crippen molar-refractivity contribution in [1.29, 1.82) is 0 Å². The maximum absolute atomic E-state index is 13.1. The molecule has 3 rings (SSSR count). The number of fused-ring (bicyclic) bond motifs is 1. The maximum atomic E-state index is 13.1. The highest BCUT2D eigenvalue weighted by atomic mass is 16.4. The lowest BCUT2D eigenvalue weighted by atomic mass is 9.97. The van der Waals surface area contributed by atoms with Crippen LogP contribution in [-0.4, -0.2) is 56.7 Å². The van der Waals surface area contributed by atoms with Gasteiger partial charge in [-0.1, -0.05) is 48.5 Å². The zero-order valence-corrected chi connectivity index (χ0v) is 19.4. The van der Waals surface area contributed by atoms with Crippen LogP contribution in [0.5, 0.6) is 0 Å².